The highest BCUT2D eigenvalue weighted by molar-refractivity contribution is 6.51. The number of benzene rings is 2. The topological polar surface area (TPSA) is 83.6 Å². The Morgan fingerprint density at radius 3 is 2.31 bits per heavy atom. The molecule has 2 heterocycles. The maximum atomic E-state index is 13.5. The van der Waals surface area contributed by atoms with E-state index in [9.17, 15) is 19.1 Å². The van der Waals surface area contributed by atoms with Gasteiger partial charge in [0.1, 0.15) is 17.3 Å². The van der Waals surface area contributed by atoms with Gasteiger partial charge in [-0.2, -0.15) is 0 Å². The van der Waals surface area contributed by atoms with Crippen LogP contribution in [0.4, 0.5) is 10.2 Å². The van der Waals surface area contributed by atoms with Gasteiger partial charge in [-0.15, -0.1) is 0 Å². The van der Waals surface area contributed by atoms with Crippen molar-refractivity contribution in [1.82, 2.24) is 5.16 Å². The molecule has 1 atom stereocenters. The van der Waals surface area contributed by atoms with Crippen LogP contribution in [0.25, 0.3) is 5.76 Å². The summed E-state index contributed by atoms with van der Waals surface area (Å²) in [5.74, 6) is -1.86. The Kier molecular flexibility index (Phi) is 4.50. The summed E-state index contributed by atoms with van der Waals surface area (Å²) in [6, 6.07) is 12.9. The molecule has 3 aromatic rings. The third kappa shape index (κ3) is 3.20. The number of aryl methyl sites for hydroxylation is 2. The van der Waals surface area contributed by atoms with Crippen molar-refractivity contribution in [3.05, 3.63) is 88.4 Å². The van der Waals surface area contributed by atoms with Crippen molar-refractivity contribution in [3.63, 3.8) is 0 Å². The number of ketones is 1. The zero-order valence-electron chi connectivity index (χ0n) is 15.7. The third-order valence-electron chi connectivity index (χ3n) is 4.82. The van der Waals surface area contributed by atoms with Crippen LogP contribution in [0.1, 0.15) is 28.5 Å². The van der Waals surface area contributed by atoms with Crippen LogP contribution < -0.4 is 4.90 Å². The van der Waals surface area contributed by atoms with Gasteiger partial charge in [0.25, 0.3) is 5.78 Å². The molecule has 7 heteroatoms. The highest BCUT2D eigenvalue weighted by atomic mass is 19.1. The number of aromatic nitrogens is 1. The number of halogens is 1. The molecule has 6 nitrogen and oxygen atoms in total. The molecule has 1 aliphatic heterocycles. The van der Waals surface area contributed by atoms with Crippen molar-refractivity contribution < 1.29 is 23.6 Å². The quantitative estimate of drug-likeness (QED) is 0.413. The molecule has 1 N–H and O–H groups in total. The van der Waals surface area contributed by atoms with Gasteiger partial charge in [0.15, 0.2) is 5.82 Å². The van der Waals surface area contributed by atoms with E-state index in [0.29, 0.717) is 16.9 Å². The van der Waals surface area contributed by atoms with E-state index in [0.717, 1.165) is 10.5 Å². The van der Waals surface area contributed by atoms with Crippen molar-refractivity contribution in [2.75, 3.05) is 4.90 Å². The van der Waals surface area contributed by atoms with Crippen molar-refractivity contribution in [2.24, 2.45) is 0 Å². The molecule has 1 amide bonds. The molecule has 0 spiro atoms. The van der Waals surface area contributed by atoms with Crippen LogP contribution in [0.15, 0.2) is 64.7 Å². The fraction of sp³-hybridized carbons (Fsp3) is 0.136. The Bertz CT molecular complexity index is 1130. The summed E-state index contributed by atoms with van der Waals surface area (Å²) in [6.07, 6.45) is 0. The number of aliphatic hydroxyl groups excluding tert-OH is 1. The van der Waals surface area contributed by atoms with E-state index in [2.05, 4.69) is 5.16 Å². The minimum absolute atomic E-state index is 0.0916. The number of carbonyl (C=O) groups excluding carboxylic acids is 2. The monoisotopic (exact) mass is 392 g/mol. The van der Waals surface area contributed by atoms with E-state index in [1.54, 1.807) is 31.2 Å². The molecule has 0 aliphatic carbocycles. The van der Waals surface area contributed by atoms with Crippen molar-refractivity contribution in [2.45, 2.75) is 19.9 Å². The number of nitrogens with zero attached hydrogens (tertiary/aromatic N) is 2. The second kappa shape index (κ2) is 7.01. The van der Waals surface area contributed by atoms with E-state index in [1.165, 1.54) is 30.3 Å². The summed E-state index contributed by atoms with van der Waals surface area (Å²) in [6.45, 7) is 3.56. The Morgan fingerprint density at radius 2 is 1.72 bits per heavy atom. The molecule has 4 rings (SSSR count). The van der Waals surface area contributed by atoms with Crippen LogP contribution in [0.2, 0.25) is 0 Å². The minimum atomic E-state index is -0.971. The standard InChI is InChI=1S/C22H17FN2O4/c1-12-3-5-15(6-4-12)20(26)18-19(14-7-9-16(23)10-8-14)25(22(28)21(18)27)17-11-13(2)29-24-17/h3-11,19,26H,1-2H3. The third-order valence-corrected chi connectivity index (χ3v) is 4.82. The molecule has 0 radical (unpaired) electrons. The lowest BCUT2D eigenvalue weighted by atomic mass is 9.95. The molecular formula is C22H17FN2O4. The summed E-state index contributed by atoms with van der Waals surface area (Å²) in [7, 11) is 0. The van der Waals surface area contributed by atoms with Crippen molar-refractivity contribution in [3.8, 4) is 0 Å². The second-order valence-electron chi connectivity index (χ2n) is 6.88. The van der Waals surface area contributed by atoms with Gasteiger partial charge in [-0.1, -0.05) is 47.1 Å². The lowest BCUT2D eigenvalue weighted by molar-refractivity contribution is -0.132. The maximum absolute atomic E-state index is 13.5. The van der Waals surface area contributed by atoms with Crippen LogP contribution in [0, 0.1) is 19.7 Å². The van der Waals surface area contributed by atoms with Gasteiger partial charge in [-0.3, -0.25) is 14.5 Å². The van der Waals surface area contributed by atoms with Gasteiger partial charge in [-0.05, 0) is 31.5 Å². The Morgan fingerprint density at radius 1 is 1.07 bits per heavy atom. The predicted octanol–water partition coefficient (Wildman–Crippen LogP) is 4.06. The average molecular weight is 392 g/mol. The highest BCUT2D eigenvalue weighted by Gasteiger charge is 2.48. The average Bonchev–Trinajstić information content (AvgIpc) is 3.24. The molecule has 2 aromatic carbocycles. The normalized spacial score (nSPS) is 18.4. The fourth-order valence-corrected chi connectivity index (χ4v) is 3.36. The van der Waals surface area contributed by atoms with Crippen LogP contribution in [-0.4, -0.2) is 22.0 Å². The van der Waals surface area contributed by atoms with Gasteiger partial charge in [0, 0.05) is 11.6 Å². The van der Waals surface area contributed by atoms with Gasteiger partial charge in [0.2, 0.25) is 0 Å². The first kappa shape index (κ1) is 18.6. The van der Waals surface area contributed by atoms with E-state index < -0.39 is 23.5 Å². The Labute approximate surface area is 165 Å². The summed E-state index contributed by atoms with van der Waals surface area (Å²) >= 11 is 0. The van der Waals surface area contributed by atoms with E-state index >= 15 is 0 Å². The molecule has 1 aromatic heterocycles. The maximum Gasteiger partial charge on any atom is 0.301 e. The zero-order chi connectivity index (χ0) is 20.7. The summed E-state index contributed by atoms with van der Waals surface area (Å²) in [4.78, 5) is 26.9. The SMILES string of the molecule is Cc1ccc(C(O)=C2C(=O)C(=O)N(c3cc(C)on3)C2c2ccc(F)cc2)cc1. The van der Waals surface area contributed by atoms with Gasteiger partial charge in [-0.25, -0.2) is 4.39 Å². The molecule has 1 unspecified atom stereocenters. The fourth-order valence-electron chi connectivity index (χ4n) is 3.36. The first-order valence-electron chi connectivity index (χ1n) is 8.93. The van der Waals surface area contributed by atoms with Crippen LogP contribution in [-0.2, 0) is 9.59 Å². The van der Waals surface area contributed by atoms with E-state index in [-0.39, 0.29) is 17.2 Å². The van der Waals surface area contributed by atoms with Gasteiger partial charge in [0.05, 0.1) is 11.6 Å². The number of Topliss-reactive ketones (excluding diaryl/α,β-unsaturated/α-hetero) is 1. The molecule has 1 aliphatic rings. The van der Waals surface area contributed by atoms with E-state index in [4.69, 9.17) is 4.52 Å². The number of aliphatic hydroxyl groups is 1. The molecule has 0 bridgehead atoms. The zero-order valence-corrected chi connectivity index (χ0v) is 15.7. The largest absolute Gasteiger partial charge is 0.507 e. The summed E-state index contributed by atoms with van der Waals surface area (Å²) in [5.41, 5.74) is 1.75. The van der Waals surface area contributed by atoms with Gasteiger partial charge < -0.3 is 9.63 Å². The molecular weight excluding hydrogens is 375 g/mol. The number of rotatable bonds is 3. The summed E-state index contributed by atoms with van der Waals surface area (Å²) < 4.78 is 18.5. The van der Waals surface area contributed by atoms with Crippen molar-refractivity contribution >= 4 is 23.3 Å². The van der Waals surface area contributed by atoms with Crippen LogP contribution in [0.5, 0.6) is 0 Å². The van der Waals surface area contributed by atoms with Crippen LogP contribution >= 0.6 is 0 Å². The number of hydrogen-bond donors (Lipinski definition) is 1. The minimum Gasteiger partial charge on any atom is -0.507 e. The highest BCUT2D eigenvalue weighted by Crippen LogP contribution is 2.41. The first-order chi connectivity index (χ1) is 13.9. The molecule has 0 saturated carbocycles. The summed E-state index contributed by atoms with van der Waals surface area (Å²) in [5, 5.41) is 14.8. The smallest absolute Gasteiger partial charge is 0.301 e. The Hall–Kier alpha value is -3.74. The molecule has 1 fully saturated rings. The number of amides is 1. The lowest BCUT2D eigenvalue weighted by Gasteiger charge is -2.22. The number of anilines is 1. The van der Waals surface area contributed by atoms with Gasteiger partial charge >= 0.3 is 5.91 Å². The molecule has 29 heavy (non-hydrogen) atoms. The number of hydrogen-bond acceptors (Lipinski definition) is 5. The second-order valence-corrected chi connectivity index (χ2v) is 6.88. The molecule has 146 valence electrons. The Balaban J connectivity index is 1.93. The first-order valence-corrected chi connectivity index (χ1v) is 8.93. The van der Waals surface area contributed by atoms with Crippen LogP contribution in [0.3, 0.4) is 0 Å². The number of carbonyl (C=O) groups is 2. The lowest BCUT2D eigenvalue weighted by Crippen LogP contribution is -2.29. The predicted molar refractivity (Wildman–Crippen MR) is 104 cm³/mol. The van der Waals surface area contributed by atoms with Crippen molar-refractivity contribution in [1.29, 1.82) is 0 Å². The molecule has 1 saturated heterocycles. The van der Waals surface area contributed by atoms with E-state index in [1.807, 2.05) is 6.92 Å².